The zero-order valence-corrected chi connectivity index (χ0v) is 14.9. The number of hydrogen-bond acceptors (Lipinski definition) is 3. The SMILES string of the molecule is C=CCOC(=O)N=C(OCC)N1Cc2ccccc2-c2ccccc2C1. The van der Waals surface area contributed by atoms with Crippen LogP contribution in [-0.4, -0.2) is 30.2 Å². The molecule has 5 heteroatoms. The standard InChI is InChI=1S/C21H22N2O3/c1-3-13-26-21(24)22-20(25-4-2)23-14-16-9-5-7-11-18(16)19-12-8-6-10-17(19)15-23/h3,5-12H,1,4,13-15H2,2H3. The molecular weight excluding hydrogens is 328 g/mol. The van der Waals surface area contributed by atoms with Gasteiger partial charge in [-0.3, -0.25) is 0 Å². The quantitative estimate of drug-likeness (QED) is 0.468. The number of ether oxygens (including phenoxy) is 2. The number of amides is 1. The summed E-state index contributed by atoms with van der Waals surface area (Å²) in [5.41, 5.74) is 4.69. The van der Waals surface area contributed by atoms with Crippen LogP contribution in [0.4, 0.5) is 4.79 Å². The van der Waals surface area contributed by atoms with E-state index in [0.717, 1.165) is 11.1 Å². The molecule has 0 N–H and O–H groups in total. The van der Waals surface area contributed by atoms with Crippen molar-refractivity contribution in [2.75, 3.05) is 13.2 Å². The van der Waals surface area contributed by atoms with Crippen molar-refractivity contribution in [3.05, 3.63) is 72.3 Å². The molecule has 1 aliphatic rings. The van der Waals surface area contributed by atoms with Crippen LogP contribution in [0, 0.1) is 0 Å². The summed E-state index contributed by atoms with van der Waals surface area (Å²) in [6.45, 7) is 7.12. The molecular formula is C21H22N2O3. The zero-order valence-electron chi connectivity index (χ0n) is 14.9. The normalized spacial score (nSPS) is 13.3. The first-order valence-corrected chi connectivity index (χ1v) is 8.63. The maximum Gasteiger partial charge on any atom is 0.438 e. The molecule has 2 aromatic rings. The van der Waals surface area contributed by atoms with E-state index in [1.807, 2.05) is 36.1 Å². The van der Waals surface area contributed by atoms with Gasteiger partial charge in [0.1, 0.15) is 6.61 Å². The van der Waals surface area contributed by atoms with Crippen molar-refractivity contribution in [2.24, 2.45) is 4.99 Å². The number of aliphatic imine (C=N–C) groups is 1. The van der Waals surface area contributed by atoms with Crippen molar-refractivity contribution in [3.8, 4) is 11.1 Å². The van der Waals surface area contributed by atoms with Crippen LogP contribution in [-0.2, 0) is 22.6 Å². The Balaban J connectivity index is 1.98. The molecule has 1 amide bonds. The van der Waals surface area contributed by atoms with E-state index < -0.39 is 6.09 Å². The fourth-order valence-electron chi connectivity index (χ4n) is 3.01. The lowest BCUT2D eigenvalue weighted by molar-refractivity contribution is 0.165. The van der Waals surface area contributed by atoms with Gasteiger partial charge < -0.3 is 14.4 Å². The summed E-state index contributed by atoms with van der Waals surface area (Å²) in [6.07, 6.45) is 0.825. The summed E-state index contributed by atoms with van der Waals surface area (Å²) in [5, 5.41) is 0. The van der Waals surface area contributed by atoms with E-state index in [4.69, 9.17) is 9.47 Å². The minimum Gasteiger partial charge on any atom is -0.465 e. The summed E-state index contributed by atoms with van der Waals surface area (Å²) in [6, 6.07) is 16.8. The third-order valence-corrected chi connectivity index (χ3v) is 4.10. The van der Waals surface area contributed by atoms with Gasteiger partial charge in [-0.2, -0.15) is 0 Å². The number of carbonyl (C=O) groups is 1. The molecule has 2 aromatic carbocycles. The van der Waals surface area contributed by atoms with E-state index in [9.17, 15) is 4.79 Å². The highest BCUT2D eigenvalue weighted by Gasteiger charge is 2.23. The average Bonchev–Trinajstić information content (AvgIpc) is 2.83. The van der Waals surface area contributed by atoms with E-state index in [-0.39, 0.29) is 12.6 Å². The summed E-state index contributed by atoms with van der Waals surface area (Å²) < 4.78 is 10.6. The Kier molecular flexibility index (Phi) is 5.69. The predicted molar refractivity (Wildman–Crippen MR) is 102 cm³/mol. The van der Waals surface area contributed by atoms with E-state index >= 15 is 0 Å². The van der Waals surface area contributed by atoms with Gasteiger partial charge in [-0.05, 0) is 29.2 Å². The third kappa shape index (κ3) is 3.94. The van der Waals surface area contributed by atoms with Crippen LogP contribution < -0.4 is 0 Å². The number of carbonyl (C=O) groups excluding carboxylic acids is 1. The van der Waals surface area contributed by atoms with Gasteiger partial charge in [0.05, 0.1) is 6.61 Å². The molecule has 0 radical (unpaired) electrons. The van der Waals surface area contributed by atoms with Gasteiger partial charge >= 0.3 is 6.09 Å². The Bertz CT molecular complexity index is 782. The smallest absolute Gasteiger partial charge is 0.438 e. The number of rotatable bonds is 3. The van der Waals surface area contributed by atoms with Crippen LogP contribution in [0.1, 0.15) is 18.1 Å². The van der Waals surface area contributed by atoms with Crippen LogP contribution >= 0.6 is 0 Å². The van der Waals surface area contributed by atoms with E-state index in [1.54, 1.807) is 0 Å². The lowest BCUT2D eigenvalue weighted by Crippen LogP contribution is -2.32. The maximum atomic E-state index is 11.9. The highest BCUT2D eigenvalue weighted by molar-refractivity contribution is 5.87. The fourth-order valence-corrected chi connectivity index (χ4v) is 3.01. The first-order valence-electron chi connectivity index (χ1n) is 8.63. The highest BCUT2D eigenvalue weighted by Crippen LogP contribution is 2.32. The minimum atomic E-state index is -0.681. The summed E-state index contributed by atoms with van der Waals surface area (Å²) in [5.74, 6) is 0. The van der Waals surface area contributed by atoms with Crippen molar-refractivity contribution < 1.29 is 14.3 Å². The molecule has 0 saturated heterocycles. The van der Waals surface area contributed by atoms with Gasteiger partial charge in [0.25, 0.3) is 6.02 Å². The summed E-state index contributed by atoms with van der Waals surface area (Å²) in [7, 11) is 0. The van der Waals surface area contributed by atoms with Gasteiger partial charge in [-0.1, -0.05) is 61.2 Å². The van der Waals surface area contributed by atoms with Gasteiger partial charge in [0.2, 0.25) is 0 Å². The second kappa shape index (κ2) is 8.34. The van der Waals surface area contributed by atoms with Gasteiger partial charge in [-0.15, -0.1) is 4.99 Å². The molecule has 0 aromatic heterocycles. The topological polar surface area (TPSA) is 51.1 Å². The monoisotopic (exact) mass is 350 g/mol. The van der Waals surface area contributed by atoms with Gasteiger partial charge in [0, 0.05) is 13.1 Å². The molecule has 5 nitrogen and oxygen atoms in total. The Hall–Kier alpha value is -3.08. The number of nitrogens with zero attached hydrogens (tertiary/aromatic N) is 2. The van der Waals surface area contributed by atoms with Crippen molar-refractivity contribution in [2.45, 2.75) is 20.0 Å². The molecule has 0 unspecified atom stereocenters. The molecule has 0 atom stereocenters. The van der Waals surface area contributed by atoms with Crippen LogP contribution in [0.15, 0.2) is 66.2 Å². The lowest BCUT2D eigenvalue weighted by Gasteiger charge is -2.24. The van der Waals surface area contributed by atoms with E-state index in [1.165, 1.54) is 17.2 Å². The maximum absolute atomic E-state index is 11.9. The zero-order chi connectivity index (χ0) is 18.4. The van der Waals surface area contributed by atoms with E-state index in [2.05, 4.69) is 35.8 Å². The van der Waals surface area contributed by atoms with Crippen LogP contribution in [0.2, 0.25) is 0 Å². The van der Waals surface area contributed by atoms with Crippen LogP contribution in [0.5, 0.6) is 0 Å². The summed E-state index contributed by atoms with van der Waals surface area (Å²) in [4.78, 5) is 17.9. The van der Waals surface area contributed by atoms with Crippen molar-refractivity contribution >= 4 is 12.1 Å². The summed E-state index contributed by atoms with van der Waals surface area (Å²) >= 11 is 0. The van der Waals surface area contributed by atoms with E-state index in [0.29, 0.717) is 19.7 Å². The lowest BCUT2D eigenvalue weighted by atomic mass is 9.97. The molecule has 0 aliphatic carbocycles. The Morgan fingerprint density at radius 1 is 1.08 bits per heavy atom. The number of fused-ring (bicyclic) bond motifs is 3. The largest absolute Gasteiger partial charge is 0.465 e. The molecule has 134 valence electrons. The molecule has 0 bridgehead atoms. The molecule has 26 heavy (non-hydrogen) atoms. The Morgan fingerprint density at radius 3 is 2.19 bits per heavy atom. The second-order valence-corrected chi connectivity index (χ2v) is 5.86. The number of benzene rings is 2. The number of amidine groups is 1. The second-order valence-electron chi connectivity index (χ2n) is 5.86. The average molecular weight is 350 g/mol. The third-order valence-electron chi connectivity index (χ3n) is 4.10. The van der Waals surface area contributed by atoms with Gasteiger partial charge in [-0.25, -0.2) is 4.79 Å². The molecule has 0 saturated carbocycles. The van der Waals surface area contributed by atoms with Crippen LogP contribution in [0.25, 0.3) is 11.1 Å². The first-order chi connectivity index (χ1) is 12.7. The molecule has 3 rings (SSSR count). The van der Waals surface area contributed by atoms with Crippen LogP contribution in [0.3, 0.4) is 0 Å². The molecule has 1 aliphatic heterocycles. The number of hydrogen-bond donors (Lipinski definition) is 0. The highest BCUT2D eigenvalue weighted by atomic mass is 16.6. The molecule has 1 heterocycles. The Morgan fingerprint density at radius 2 is 1.65 bits per heavy atom. The minimum absolute atomic E-state index is 0.118. The van der Waals surface area contributed by atoms with Crippen molar-refractivity contribution in [3.63, 3.8) is 0 Å². The fraction of sp³-hybridized carbons (Fsp3) is 0.238. The van der Waals surface area contributed by atoms with Gasteiger partial charge in [0.15, 0.2) is 0 Å². The predicted octanol–water partition coefficient (Wildman–Crippen LogP) is 4.38. The molecule has 0 spiro atoms. The Labute approximate surface area is 153 Å². The molecule has 0 fully saturated rings. The van der Waals surface area contributed by atoms with Crippen molar-refractivity contribution in [1.29, 1.82) is 0 Å². The van der Waals surface area contributed by atoms with Crippen molar-refractivity contribution in [1.82, 2.24) is 4.90 Å². The first kappa shape index (κ1) is 17.7.